The van der Waals surface area contributed by atoms with Gasteiger partial charge >= 0.3 is 7.12 Å². The molecule has 2 N–H and O–H groups in total. The monoisotopic (exact) mass is 159 g/mol. The van der Waals surface area contributed by atoms with Crippen molar-refractivity contribution in [1.82, 2.24) is 4.98 Å². The minimum absolute atomic E-state index is 0.0735. The zero-order valence-electron chi connectivity index (χ0n) is 5.31. The van der Waals surface area contributed by atoms with Gasteiger partial charge in [-0.1, -0.05) is 11.8 Å². The molecule has 0 atom stereocenters. The van der Waals surface area contributed by atoms with E-state index in [1.165, 1.54) is 18.0 Å². The molecule has 1 aromatic rings. The molecule has 0 spiro atoms. The van der Waals surface area contributed by atoms with E-state index in [1.54, 1.807) is 6.26 Å². The van der Waals surface area contributed by atoms with E-state index < -0.39 is 7.12 Å². The maximum absolute atomic E-state index is 8.55. The lowest BCUT2D eigenvalue weighted by Gasteiger charge is -1.88. The number of hydrogen-bond acceptors (Lipinski definition) is 5. The first-order chi connectivity index (χ1) is 4.74. The minimum Gasteiger partial charge on any atom is -0.440 e. The number of thioether (sulfide) groups is 1. The van der Waals surface area contributed by atoms with Crippen molar-refractivity contribution in [2.45, 2.75) is 5.22 Å². The van der Waals surface area contributed by atoms with Crippen molar-refractivity contribution in [2.75, 3.05) is 6.26 Å². The van der Waals surface area contributed by atoms with Gasteiger partial charge in [0, 0.05) is 0 Å². The molecule has 6 heteroatoms. The molecule has 0 unspecified atom stereocenters. The third-order valence-corrected chi connectivity index (χ3v) is 1.47. The van der Waals surface area contributed by atoms with Crippen LogP contribution in [0.2, 0.25) is 0 Å². The van der Waals surface area contributed by atoms with Crippen molar-refractivity contribution in [3.8, 4) is 0 Å². The molecule has 0 saturated heterocycles. The zero-order valence-corrected chi connectivity index (χ0v) is 6.13. The minimum atomic E-state index is -1.56. The van der Waals surface area contributed by atoms with Gasteiger partial charge in [-0.3, -0.25) is 0 Å². The fourth-order valence-corrected chi connectivity index (χ4v) is 0.821. The van der Waals surface area contributed by atoms with Crippen LogP contribution in [0.3, 0.4) is 0 Å². The quantitative estimate of drug-likeness (QED) is 0.431. The van der Waals surface area contributed by atoms with Crippen molar-refractivity contribution in [3.63, 3.8) is 0 Å². The molecule has 0 aliphatic heterocycles. The molecule has 0 aliphatic carbocycles. The average molecular weight is 159 g/mol. The van der Waals surface area contributed by atoms with Gasteiger partial charge in [-0.2, -0.15) is 0 Å². The second-order valence-electron chi connectivity index (χ2n) is 1.61. The summed E-state index contributed by atoms with van der Waals surface area (Å²) in [7, 11) is -1.56. The molecule has 1 aromatic heterocycles. The second kappa shape index (κ2) is 3.09. The lowest BCUT2D eigenvalue weighted by molar-refractivity contribution is 0.395. The molecular formula is C4H6BNO3S. The normalized spacial score (nSPS) is 9.90. The Hall–Kier alpha value is -0.455. The summed E-state index contributed by atoms with van der Waals surface area (Å²) < 4.78 is 4.85. The first kappa shape index (κ1) is 7.65. The van der Waals surface area contributed by atoms with E-state index in [0.717, 1.165) is 0 Å². The van der Waals surface area contributed by atoms with Gasteiger partial charge in [0.1, 0.15) is 0 Å². The highest BCUT2D eigenvalue weighted by atomic mass is 32.2. The lowest BCUT2D eigenvalue weighted by Crippen LogP contribution is -2.28. The fraction of sp³-hybridized carbons (Fsp3) is 0.250. The van der Waals surface area contributed by atoms with Crippen LogP contribution in [0.25, 0.3) is 0 Å². The largest absolute Gasteiger partial charge is 0.528 e. The van der Waals surface area contributed by atoms with E-state index in [1.807, 2.05) is 0 Å². The van der Waals surface area contributed by atoms with Crippen LogP contribution in [0.4, 0.5) is 0 Å². The molecule has 4 nitrogen and oxygen atoms in total. The Bertz CT molecular complexity index is 214. The summed E-state index contributed by atoms with van der Waals surface area (Å²) in [5.74, 6) is 0. The highest BCUT2D eigenvalue weighted by Gasteiger charge is 2.16. The summed E-state index contributed by atoms with van der Waals surface area (Å²) in [6.45, 7) is 0. The van der Waals surface area contributed by atoms with Gasteiger partial charge in [0.25, 0.3) is 5.22 Å². The van der Waals surface area contributed by atoms with Crippen LogP contribution in [0.1, 0.15) is 0 Å². The van der Waals surface area contributed by atoms with E-state index in [0.29, 0.717) is 5.22 Å². The highest BCUT2D eigenvalue weighted by molar-refractivity contribution is 7.98. The predicted octanol–water partition coefficient (Wildman–Crippen LogP) is -0.924. The Morgan fingerprint density at radius 2 is 2.40 bits per heavy atom. The maximum Gasteiger partial charge on any atom is 0.528 e. The van der Waals surface area contributed by atoms with Crippen molar-refractivity contribution in [1.29, 1.82) is 0 Å². The standard InChI is InChI=1S/C4H6BNO3S/c1-10-4-6-2-3(9-4)5(7)8/h2,7-8H,1H3. The number of hydrogen-bond donors (Lipinski definition) is 2. The Balaban J connectivity index is 2.78. The van der Waals surface area contributed by atoms with Gasteiger partial charge < -0.3 is 14.5 Å². The van der Waals surface area contributed by atoms with E-state index in [-0.39, 0.29) is 5.66 Å². The Morgan fingerprint density at radius 1 is 1.70 bits per heavy atom. The van der Waals surface area contributed by atoms with Crippen molar-refractivity contribution in [3.05, 3.63) is 6.20 Å². The van der Waals surface area contributed by atoms with Crippen LogP contribution in [0.15, 0.2) is 15.8 Å². The van der Waals surface area contributed by atoms with Crippen LogP contribution in [-0.4, -0.2) is 28.4 Å². The summed E-state index contributed by atoms with van der Waals surface area (Å²) in [5.41, 5.74) is 0.0735. The fourth-order valence-electron chi connectivity index (χ4n) is 0.484. The Morgan fingerprint density at radius 3 is 2.70 bits per heavy atom. The molecule has 0 aromatic carbocycles. The summed E-state index contributed by atoms with van der Waals surface area (Å²) in [5, 5.41) is 17.5. The van der Waals surface area contributed by atoms with E-state index in [2.05, 4.69) is 4.98 Å². The van der Waals surface area contributed by atoms with Crippen molar-refractivity contribution in [2.24, 2.45) is 0 Å². The smallest absolute Gasteiger partial charge is 0.440 e. The summed E-state index contributed by atoms with van der Waals surface area (Å²) in [4.78, 5) is 3.73. The van der Waals surface area contributed by atoms with Gasteiger partial charge in [0.2, 0.25) is 0 Å². The number of rotatable bonds is 2. The van der Waals surface area contributed by atoms with Gasteiger partial charge in [-0.05, 0) is 6.26 Å². The number of aromatic nitrogens is 1. The molecule has 0 saturated carbocycles. The van der Waals surface area contributed by atoms with Crippen LogP contribution in [0, 0.1) is 0 Å². The van der Waals surface area contributed by atoms with E-state index in [4.69, 9.17) is 14.5 Å². The SMILES string of the molecule is CSc1ncc(B(O)O)o1. The van der Waals surface area contributed by atoms with Crippen molar-refractivity contribution < 1.29 is 14.5 Å². The zero-order chi connectivity index (χ0) is 7.56. The molecule has 1 rings (SSSR count). The van der Waals surface area contributed by atoms with Crippen molar-refractivity contribution >= 4 is 24.5 Å². The van der Waals surface area contributed by atoms with Crippen LogP contribution >= 0.6 is 11.8 Å². The molecule has 0 bridgehead atoms. The third-order valence-electron chi connectivity index (χ3n) is 0.931. The second-order valence-corrected chi connectivity index (χ2v) is 2.36. The molecular weight excluding hydrogens is 153 g/mol. The predicted molar refractivity (Wildman–Crippen MR) is 38.1 cm³/mol. The molecule has 0 aliphatic rings. The van der Waals surface area contributed by atoms with E-state index in [9.17, 15) is 0 Å². The topological polar surface area (TPSA) is 66.5 Å². The molecule has 1 heterocycles. The summed E-state index contributed by atoms with van der Waals surface area (Å²) in [6.07, 6.45) is 3.08. The maximum atomic E-state index is 8.55. The first-order valence-electron chi connectivity index (χ1n) is 2.60. The molecule has 0 fully saturated rings. The summed E-state index contributed by atoms with van der Waals surface area (Å²) >= 11 is 1.31. The van der Waals surface area contributed by atoms with Crippen LogP contribution in [-0.2, 0) is 0 Å². The number of nitrogens with zero attached hydrogens (tertiary/aromatic N) is 1. The Labute approximate surface area is 62.4 Å². The lowest BCUT2D eigenvalue weighted by atomic mass is 9.89. The molecule has 54 valence electrons. The summed E-state index contributed by atoms with van der Waals surface area (Å²) in [6, 6.07) is 0. The van der Waals surface area contributed by atoms with Gasteiger partial charge in [-0.15, -0.1) is 0 Å². The van der Waals surface area contributed by atoms with Gasteiger partial charge in [-0.25, -0.2) is 4.98 Å². The van der Waals surface area contributed by atoms with Gasteiger partial charge in [0.05, 0.1) is 6.20 Å². The van der Waals surface area contributed by atoms with E-state index >= 15 is 0 Å². The molecule has 0 amide bonds. The number of oxazole rings is 1. The first-order valence-corrected chi connectivity index (χ1v) is 3.82. The molecule has 0 radical (unpaired) electrons. The molecule has 10 heavy (non-hydrogen) atoms. The van der Waals surface area contributed by atoms with Crippen LogP contribution in [0.5, 0.6) is 0 Å². The average Bonchev–Trinajstić information content (AvgIpc) is 2.34. The van der Waals surface area contributed by atoms with Crippen LogP contribution < -0.4 is 5.66 Å². The Kier molecular flexibility index (Phi) is 2.36. The highest BCUT2D eigenvalue weighted by Crippen LogP contribution is 2.08. The third kappa shape index (κ3) is 1.53. The van der Waals surface area contributed by atoms with Gasteiger partial charge in [0.15, 0.2) is 5.66 Å².